The lowest BCUT2D eigenvalue weighted by atomic mass is 9.90. The number of alkyl halides is 3. The highest BCUT2D eigenvalue weighted by Crippen LogP contribution is 2.44. The second kappa shape index (κ2) is 11.3. The van der Waals surface area contributed by atoms with E-state index in [4.69, 9.17) is 4.74 Å². The smallest absolute Gasteiger partial charge is 0.423 e. The van der Waals surface area contributed by atoms with Gasteiger partial charge in [-0.3, -0.25) is 9.40 Å². The lowest BCUT2D eigenvalue weighted by Gasteiger charge is -2.29. The van der Waals surface area contributed by atoms with Gasteiger partial charge in [0.25, 0.3) is 0 Å². The van der Waals surface area contributed by atoms with Crippen LogP contribution in [0.4, 0.5) is 19.1 Å². The molecule has 5 rings (SSSR count). The second-order valence-electron chi connectivity index (χ2n) is 9.69. The first-order chi connectivity index (χ1) is 18.7. The first kappa shape index (κ1) is 27.0. The van der Waals surface area contributed by atoms with Gasteiger partial charge in [-0.1, -0.05) is 36.4 Å². The Kier molecular flexibility index (Phi) is 7.81. The number of hydrogen-bond donors (Lipinski definition) is 1. The molecule has 1 N–H and O–H groups in total. The Bertz CT molecular complexity index is 1430. The van der Waals surface area contributed by atoms with E-state index in [9.17, 15) is 13.2 Å². The molecule has 0 amide bonds. The molecule has 0 aliphatic carbocycles. The van der Waals surface area contributed by atoms with Crippen molar-refractivity contribution >= 4 is 17.9 Å². The van der Waals surface area contributed by atoms with Crippen LogP contribution in [0.15, 0.2) is 65.8 Å². The highest BCUT2D eigenvalue weighted by Gasteiger charge is 2.41. The van der Waals surface area contributed by atoms with Gasteiger partial charge in [-0.2, -0.15) is 23.3 Å². The zero-order valence-corrected chi connectivity index (χ0v) is 22.7. The van der Waals surface area contributed by atoms with E-state index in [1.807, 2.05) is 12.1 Å². The van der Waals surface area contributed by atoms with Gasteiger partial charge in [0.15, 0.2) is 0 Å². The number of likely N-dealkylation sites (tertiary alicyclic amines) is 1. The SMILES string of the molecule is Cc1ccccc1-c1nc(NSc2cnn(C)c2)nc(Oc2ccc(C3CCN(C)CC3)cc2)c1C(F)(F)F. The number of aromatic nitrogens is 4. The van der Waals surface area contributed by atoms with Gasteiger partial charge in [-0.15, -0.1) is 0 Å². The molecule has 1 fully saturated rings. The van der Waals surface area contributed by atoms with Crippen LogP contribution in [-0.2, 0) is 13.2 Å². The molecule has 3 heterocycles. The zero-order valence-electron chi connectivity index (χ0n) is 21.9. The zero-order chi connectivity index (χ0) is 27.6. The van der Waals surface area contributed by atoms with Crippen molar-refractivity contribution < 1.29 is 17.9 Å². The number of nitrogens with one attached hydrogen (secondary N) is 1. The summed E-state index contributed by atoms with van der Waals surface area (Å²) in [7, 11) is 3.88. The van der Waals surface area contributed by atoms with Crippen LogP contribution in [0.25, 0.3) is 11.3 Å². The number of piperidine rings is 1. The van der Waals surface area contributed by atoms with Gasteiger partial charge in [0.2, 0.25) is 11.8 Å². The van der Waals surface area contributed by atoms with Gasteiger partial charge in [0, 0.05) is 18.8 Å². The van der Waals surface area contributed by atoms with Gasteiger partial charge in [-0.25, -0.2) is 4.98 Å². The Hall–Kier alpha value is -3.57. The molecule has 0 spiro atoms. The van der Waals surface area contributed by atoms with E-state index in [-0.39, 0.29) is 17.4 Å². The van der Waals surface area contributed by atoms with Crippen LogP contribution in [-0.4, -0.2) is 44.8 Å². The van der Waals surface area contributed by atoms with Crippen molar-refractivity contribution in [1.29, 1.82) is 0 Å². The first-order valence-electron chi connectivity index (χ1n) is 12.6. The molecule has 0 atom stereocenters. The molecule has 204 valence electrons. The molecule has 2 aromatic heterocycles. The summed E-state index contributed by atoms with van der Waals surface area (Å²) in [4.78, 5) is 11.5. The summed E-state index contributed by atoms with van der Waals surface area (Å²) in [5.41, 5.74) is 0.895. The lowest BCUT2D eigenvalue weighted by molar-refractivity contribution is -0.138. The average Bonchev–Trinajstić information content (AvgIpc) is 3.33. The first-order valence-corrected chi connectivity index (χ1v) is 13.4. The molecule has 7 nitrogen and oxygen atoms in total. The van der Waals surface area contributed by atoms with E-state index in [1.165, 1.54) is 0 Å². The fraction of sp³-hybridized carbons (Fsp3) is 0.321. The van der Waals surface area contributed by atoms with Gasteiger partial charge in [0.05, 0.1) is 16.8 Å². The third kappa shape index (κ3) is 6.36. The summed E-state index contributed by atoms with van der Waals surface area (Å²) in [6, 6.07) is 14.1. The molecule has 4 aromatic rings. The van der Waals surface area contributed by atoms with Crippen molar-refractivity contribution in [2.75, 3.05) is 24.9 Å². The fourth-order valence-corrected chi connectivity index (χ4v) is 5.27. The molecule has 1 aliphatic rings. The fourth-order valence-electron chi connectivity index (χ4n) is 4.67. The third-order valence-electron chi connectivity index (χ3n) is 6.79. The van der Waals surface area contributed by atoms with Crippen molar-refractivity contribution in [2.45, 2.75) is 36.8 Å². The van der Waals surface area contributed by atoms with Crippen LogP contribution in [0.2, 0.25) is 0 Å². The minimum absolute atomic E-state index is 0.00643. The summed E-state index contributed by atoms with van der Waals surface area (Å²) < 4.78 is 54.1. The summed E-state index contributed by atoms with van der Waals surface area (Å²) in [6.07, 6.45) is 0.741. The maximum Gasteiger partial charge on any atom is 0.423 e. The number of nitrogens with zero attached hydrogens (tertiary/aromatic N) is 5. The van der Waals surface area contributed by atoms with E-state index < -0.39 is 17.6 Å². The Morgan fingerprint density at radius 1 is 1.00 bits per heavy atom. The summed E-state index contributed by atoms with van der Waals surface area (Å²) >= 11 is 1.15. The van der Waals surface area contributed by atoms with Crippen LogP contribution < -0.4 is 9.46 Å². The van der Waals surface area contributed by atoms with Gasteiger partial charge < -0.3 is 9.64 Å². The predicted octanol–water partition coefficient (Wildman–Crippen LogP) is 6.93. The Labute approximate surface area is 229 Å². The van der Waals surface area contributed by atoms with Crippen molar-refractivity contribution in [3.63, 3.8) is 0 Å². The highest BCUT2D eigenvalue weighted by atomic mass is 32.2. The van der Waals surface area contributed by atoms with E-state index in [2.05, 4.69) is 31.7 Å². The summed E-state index contributed by atoms with van der Waals surface area (Å²) in [5.74, 6) is 0.135. The number of rotatable bonds is 7. The van der Waals surface area contributed by atoms with Gasteiger partial charge in [0.1, 0.15) is 11.3 Å². The predicted molar refractivity (Wildman–Crippen MR) is 146 cm³/mol. The lowest BCUT2D eigenvalue weighted by Crippen LogP contribution is -2.29. The summed E-state index contributed by atoms with van der Waals surface area (Å²) in [6.45, 7) is 3.79. The maximum absolute atomic E-state index is 14.6. The van der Waals surface area contributed by atoms with Crippen molar-refractivity contribution in [3.8, 4) is 22.9 Å². The van der Waals surface area contributed by atoms with Crippen molar-refractivity contribution in [1.82, 2.24) is 24.6 Å². The molecular formula is C28H29F3N6OS. The quantitative estimate of drug-likeness (QED) is 0.249. The van der Waals surface area contributed by atoms with E-state index in [1.54, 1.807) is 67.4 Å². The Balaban J connectivity index is 1.52. The largest absolute Gasteiger partial charge is 0.438 e. The molecule has 1 aliphatic heterocycles. The van der Waals surface area contributed by atoms with Crippen LogP contribution in [0.5, 0.6) is 11.6 Å². The van der Waals surface area contributed by atoms with Crippen LogP contribution in [0.1, 0.15) is 35.4 Å². The van der Waals surface area contributed by atoms with Crippen molar-refractivity contribution in [3.05, 3.63) is 77.6 Å². The minimum Gasteiger partial charge on any atom is -0.438 e. The third-order valence-corrected chi connectivity index (χ3v) is 7.52. The topological polar surface area (TPSA) is 68.1 Å². The van der Waals surface area contributed by atoms with Crippen molar-refractivity contribution in [2.24, 2.45) is 7.05 Å². The molecule has 0 radical (unpaired) electrons. The average molecular weight is 555 g/mol. The molecule has 0 bridgehead atoms. The highest BCUT2D eigenvalue weighted by molar-refractivity contribution is 8.00. The molecule has 2 aromatic carbocycles. The molecule has 11 heteroatoms. The number of anilines is 1. The van der Waals surface area contributed by atoms with Gasteiger partial charge >= 0.3 is 6.18 Å². The normalized spacial score (nSPS) is 14.9. The number of ether oxygens (including phenoxy) is 1. The maximum atomic E-state index is 14.6. The van der Waals surface area contributed by atoms with E-state index >= 15 is 0 Å². The molecular weight excluding hydrogens is 525 g/mol. The number of benzene rings is 2. The molecule has 39 heavy (non-hydrogen) atoms. The molecule has 0 saturated carbocycles. The van der Waals surface area contributed by atoms with Crippen LogP contribution in [0.3, 0.4) is 0 Å². The van der Waals surface area contributed by atoms with E-state index in [0.29, 0.717) is 17.0 Å². The second-order valence-corrected chi connectivity index (χ2v) is 10.6. The number of halogens is 3. The Morgan fingerprint density at radius 3 is 2.36 bits per heavy atom. The standard InChI is InChI=1S/C28H29F3N6OS/c1-18-6-4-5-7-23(18)25-24(28(29,30)31)26(34-27(33-25)35-39-22-16-32-37(3)17-22)38-21-10-8-19(9-11-21)20-12-14-36(2)15-13-20/h4-11,16-17,20H,12-15H2,1-3H3,(H,33,34,35). The number of aryl methyl sites for hydroxylation is 2. The molecule has 1 saturated heterocycles. The van der Waals surface area contributed by atoms with Crippen LogP contribution >= 0.6 is 11.9 Å². The van der Waals surface area contributed by atoms with Crippen LogP contribution in [0, 0.1) is 6.92 Å². The summed E-state index contributed by atoms with van der Waals surface area (Å²) in [5, 5.41) is 4.11. The van der Waals surface area contributed by atoms with E-state index in [0.717, 1.165) is 48.3 Å². The number of hydrogen-bond acceptors (Lipinski definition) is 7. The Morgan fingerprint density at radius 2 is 1.72 bits per heavy atom. The van der Waals surface area contributed by atoms with Gasteiger partial charge in [-0.05, 0) is 81.0 Å². The molecule has 0 unspecified atom stereocenters. The minimum atomic E-state index is -4.75. The monoisotopic (exact) mass is 554 g/mol.